The fourth-order valence-corrected chi connectivity index (χ4v) is 3.89. The van der Waals surface area contributed by atoms with Gasteiger partial charge >= 0.3 is 0 Å². The molecule has 5 nitrogen and oxygen atoms in total. The van der Waals surface area contributed by atoms with Crippen LogP contribution < -0.4 is 5.14 Å². The van der Waals surface area contributed by atoms with Crippen molar-refractivity contribution in [3.8, 4) is 5.69 Å². The standard InChI is InChI=1S/C18H17ClFN3O2S/c1-18(2,12-3-8-15(19)16(9-12)26(21,24)25)17-10-22-11-23(17)14-6-4-13(20)5-7-14/h3-11H,1-2H3,(H2,21,24,25). The second kappa shape index (κ2) is 6.50. The van der Waals surface area contributed by atoms with Crippen molar-refractivity contribution in [2.45, 2.75) is 24.2 Å². The van der Waals surface area contributed by atoms with E-state index in [4.69, 9.17) is 16.7 Å². The van der Waals surface area contributed by atoms with Gasteiger partial charge in [0.25, 0.3) is 0 Å². The number of nitrogens with zero attached hydrogens (tertiary/aromatic N) is 2. The molecule has 136 valence electrons. The zero-order chi connectivity index (χ0) is 19.1. The maximum atomic E-state index is 13.2. The molecule has 0 saturated heterocycles. The van der Waals surface area contributed by atoms with Crippen molar-refractivity contribution in [3.63, 3.8) is 0 Å². The summed E-state index contributed by atoms with van der Waals surface area (Å²) in [5, 5.41) is 5.33. The Morgan fingerprint density at radius 1 is 1.15 bits per heavy atom. The molecule has 0 aliphatic carbocycles. The van der Waals surface area contributed by atoms with E-state index >= 15 is 0 Å². The maximum absolute atomic E-state index is 13.2. The first-order chi connectivity index (χ1) is 12.1. The van der Waals surface area contributed by atoms with Crippen LogP contribution >= 0.6 is 11.6 Å². The van der Waals surface area contributed by atoms with Crippen LogP contribution in [-0.4, -0.2) is 18.0 Å². The fourth-order valence-electron chi connectivity index (χ4n) is 2.82. The lowest BCUT2D eigenvalue weighted by Crippen LogP contribution is -2.23. The molecule has 1 aromatic heterocycles. The summed E-state index contributed by atoms with van der Waals surface area (Å²) in [5.41, 5.74) is 1.63. The number of imidazole rings is 1. The Morgan fingerprint density at radius 2 is 1.81 bits per heavy atom. The van der Waals surface area contributed by atoms with E-state index in [-0.39, 0.29) is 15.7 Å². The highest BCUT2D eigenvalue weighted by atomic mass is 35.5. The van der Waals surface area contributed by atoms with Gasteiger partial charge in [-0.25, -0.2) is 22.9 Å². The largest absolute Gasteiger partial charge is 0.302 e. The van der Waals surface area contributed by atoms with Crippen LogP contribution in [0.5, 0.6) is 0 Å². The second-order valence-corrected chi connectivity index (χ2v) is 8.38. The average Bonchev–Trinajstić information content (AvgIpc) is 3.05. The van der Waals surface area contributed by atoms with Crippen LogP contribution in [0.15, 0.2) is 59.9 Å². The lowest BCUT2D eigenvalue weighted by Gasteiger charge is -2.27. The average molecular weight is 394 g/mol. The molecule has 1 heterocycles. The van der Waals surface area contributed by atoms with Crippen molar-refractivity contribution < 1.29 is 12.8 Å². The van der Waals surface area contributed by atoms with E-state index < -0.39 is 15.4 Å². The molecular weight excluding hydrogens is 377 g/mol. The molecule has 0 spiro atoms. The highest BCUT2D eigenvalue weighted by Crippen LogP contribution is 2.35. The van der Waals surface area contributed by atoms with Gasteiger partial charge in [-0.15, -0.1) is 0 Å². The monoisotopic (exact) mass is 393 g/mol. The van der Waals surface area contributed by atoms with E-state index in [1.54, 1.807) is 30.7 Å². The number of aromatic nitrogens is 2. The van der Waals surface area contributed by atoms with Crippen LogP contribution in [0.2, 0.25) is 5.02 Å². The van der Waals surface area contributed by atoms with E-state index in [9.17, 15) is 12.8 Å². The lowest BCUT2D eigenvalue weighted by molar-refractivity contribution is 0.591. The molecular formula is C18H17ClFN3O2S. The number of primary sulfonamides is 1. The number of rotatable bonds is 4. The van der Waals surface area contributed by atoms with Crippen molar-refractivity contribution in [2.24, 2.45) is 5.14 Å². The summed E-state index contributed by atoms with van der Waals surface area (Å²) in [7, 11) is -3.95. The molecule has 3 aromatic rings. The number of sulfonamides is 1. The Hall–Kier alpha value is -2.22. The molecule has 0 aliphatic rings. The van der Waals surface area contributed by atoms with Crippen molar-refractivity contribution in [2.75, 3.05) is 0 Å². The summed E-state index contributed by atoms with van der Waals surface area (Å²) < 4.78 is 38.6. The van der Waals surface area contributed by atoms with Crippen molar-refractivity contribution in [1.29, 1.82) is 0 Å². The van der Waals surface area contributed by atoms with Crippen LogP contribution in [0.25, 0.3) is 5.69 Å². The highest BCUT2D eigenvalue weighted by molar-refractivity contribution is 7.89. The number of nitrogens with two attached hydrogens (primary N) is 1. The van der Waals surface area contributed by atoms with Gasteiger partial charge in [0, 0.05) is 17.3 Å². The third-order valence-corrected chi connectivity index (χ3v) is 5.74. The minimum Gasteiger partial charge on any atom is -0.302 e. The molecule has 0 aliphatic heterocycles. The highest BCUT2D eigenvalue weighted by Gasteiger charge is 2.29. The zero-order valence-corrected chi connectivity index (χ0v) is 15.7. The first-order valence-electron chi connectivity index (χ1n) is 7.72. The topological polar surface area (TPSA) is 78.0 Å². The van der Waals surface area contributed by atoms with Crippen molar-refractivity contribution in [1.82, 2.24) is 9.55 Å². The van der Waals surface area contributed by atoms with Gasteiger partial charge in [-0.3, -0.25) is 0 Å². The molecule has 0 bridgehead atoms. The van der Waals surface area contributed by atoms with Gasteiger partial charge in [-0.05, 0) is 42.0 Å². The predicted octanol–water partition coefficient (Wildman–Crippen LogP) is 3.64. The van der Waals surface area contributed by atoms with Crippen LogP contribution in [-0.2, 0) is 15.4 Å². The summed E-state index contributed by atoms with van der Waals surface area (Å²) >= 11 is 5.99. The second-order valence-electron chi connectivity index (χ2n) is 6.44. The molecule has 2 N–H and O–H groups in total. The molecule has 0 amide bonds. The molecule has 8 heteroatoms. The van der Waals surface area contributed by atoms with E-state index in [0.717, 1.165) is 11.4 Å². The van der Waals surface area contributed by atoms with Crippen molar-refractivity contribution in [3.05, 3.63) is 77.1 Å². The van der Waals surface area contributed by atoms with Crippen LogP contribution in [0.1, 0.15) is 25.1 Å². The summed E-state index contributed by atoms with van der Waals surface area (Å²) in [6.45, 7) is 3.86. The Morgan fingerprint density at radius 3 is 2.42 bits per heavy atom. The lowest BCUT2D eigenvalue weighted by atomic mass is 9.81. The minimum atomic E-state index is -3.95. The van der Waals surface area contributed by atoms with Crippen LogP contribution in [0, 0.1) is 5.82 Å². The summed E-state index contributed by atoms with van der Waals surface area (Å²) in [6.07, 6.45) is 3.31. The normalized spacial score (nSPS) is 12.3. The molecule has 3 rings (SSSR count). The molecule has 0 fully saturated rings. The van der Waals surface area contributed by atoms with E-state index in [1.807, 2.05) is 18.4 Å². The molecule has 0 radical (unpaired) electrons. The van der Waals surface area contributed by atoms with Crippen LogP contribution in [0.3, 0.4) is 0 Å². The van der Waals surface area contributed by atoms with Gasteiger partial charge in [-0.2, -0.15) is 0 Å². The van der Waals surface area contributed by atoms with Gasteiger partial charge < -0.3 is 4.57 Å². The van der Waals surface area contributed by atoms with Gasteiger partial charge in [0.1, 0.15) is 10.7 Å². The van der Waals surface area contributed by atoms with E-state index in [2.05, 4.69) is 4.98 Å². The predicted molar refractivity (Wildman–Crippen MR) is 98.5 cm³/mol. The molecule has 2 aromatic carbocycles. The van der Waals surface area contributed by atoms with Crippen molar-refractivity contribution >= 4 is 21.6 Å². The smallest absolute Gasteiger partial charge is 0.239 e. The molecule has 0 saturated carbocycles. The third kappa shape index (κ3) is 3.38. The maximum Gasteiger partial charge on any atom is 0.239 e. The summed E-state index contributed by atoms with van der Waals surface area (Å²) in [4.78, 5) is 4.07. The van der Waals surface area contributed by atoms with E-state index in [1.165, 1.54) is 24.3 Å². The molecule has 26 heavy (non-hydrogen) atoms. The SMILES string of the molecule is CC(C)(c1ccc(Cl)c(S(N)(=O)=O)c1)c1cncn1-c1ccc(F)cc1. The van der Waals surface area contributed by atoms with Gasteiger partial charge in [0.2, 0.25) is 10.0 Å². The molecule has 0 unspecified atom stereocenters. The van der Waals surface area contributed by atoms with Gasteiger partial charge in [0.05, 0.1) is 17.0 Å². The zero-order valence-electron chi connectivity index (χ0n) is 14.1. The molecule has 0 atom stereocenters. The van der Waals surface area contributed by atoms with E-state index in [0.29, 0.717) is 5.56 Å². The quantitative estimate of drug-likeness (QED) is 0.735. The van der Waals surface area contributed by atoms with Crippen LogP contribution in [0.4, 0.5) is 4.39 Å². The third-order valence-electron chi connectivity index (χ3n) is 4.34. The number of halogens is 2. The number of hydrogen-bond acceptors (Lipinski definition) is 3. The Labute approximate surface area is 156 Å². The first kappa shape index (κ1) is 18.6. The van der Waals surface area contributed by atoms with Gasteiger partial charge in [0.15, 0.2) is 0 Å². The Balaban J connectivity index is 2.13. The summed E-state index contributed by atoms with van der Waals surface area (Å²) in [5.74, 6) is -0.329. The Bertz CT molecular complexity index is 1060. The van der Waals surface area contributed by atoms with Gasteiger partial charge in [-0.1, -0.05) is 31.5 Å². The first-order valence-corrected chi connectivity index (χ1v) is 9.65. The Kier molecular flexibility index (Phi) is 4.64. The minimum absolute atomic E-state index is 0.0686. The number of benzene rings is 2. The summed E-state index contributed by atoms with van der Waals surface area (Å²) in [6, 6.07) is 10.8. The fraction of sp³-hybridized carbons (Fsp3) is 0.167. The number of hydrogen-bond donors (Lipinski definition) is 1.